The van der Waals surface area contributed by atoms with Crippen LogP contribution in [0, 0.1) is 10.7 Å². The van der Waals surface area contributed by atoms with Gasteiger partial charge in [-0.05, 0) is 18.7 Å². The number of hydrogen-bond acceptors (Lipinski definition) is 5. The summed E-state index contributed by atoms with van der Waals surface area (Å²) in [6.45, 7) is 5.56. The number of thioether (sulfide) groups is 1. The zero-order chi connectivity index (χ0) is 11.0. The number of nitrogens with zero attached hydrogens (tertiary/aromatic N) is 1. The number of esters is 1. The van der Waals surface area contributed by atoms with Crippen LogP contribution in [0.2, 0.25) is 0 Å². The topological polar surface area (TPSA) is 59.3 Å². The number of ether oxygens (including phenoxy) is 2. The van der Waals surface area contributed by atoms with Crippen molar-refractivity contribution in [1.29, 1.82) is 5.26 Å². The maximum absolute atomic E-state index is 11.0. The van der Waals surface area contributed by atoms with E-state index < -0.39 is 5.97 Å². The minimum Gasteiger partial charge on any atom is -0.461 e. The molecule has 0 heterocycles. The fourth-order valence-electron chi connectivity index (χ4n) is 0.668. The fourth-order valence-corrected chi connectivity index (χ4v) is 1.16. The quantitative estimate of drug-likeness (QED) is 0.380. The highest BCUT2D eigenvalue weighted by Gasteiger charge is 2.12. The number of rotatable bonds is 6. The van der Waals surface area contributed by atoms with Crippen molar-refractivity contribution >= 4 is 17.7 Å². The van der Waals surface area contributed by atoms with Crippen LogP contribution < -0.4 is 0 Å². The van der Waals surface area contributed by atoms with Crippen LogP contribution in [0.25, 0.3) is 0 Å². The number of hydrogen-bond donors (Lipinski definition) is 0. The Bertz CT molecular complexity index is 247. The first-order valence-corrected chi connectivity index (χ1v) is 4.86. The van der Waals surface area contributed by atoms with Crippen LogP contribution >= 0.6 is 11.8 Å². The van der Waals surface area contributed by atoms with E-state index in [1.54, 1.807) is 6.92 Å². The Morgan fingerprint density at radius 1 is 1.64 bits per heavy atom. The van der Waals surface area contributed by atoms with Crippen LogP contribution in [0.15, 0.2) is 12.2 Å². The smallest absolute Gasteiger partial charge is 0.333 e. The lowest BCUT2D eigenvalue weighted by Gasteiger charge is -2.11. The van der Waals surface area contributed by atoms with Crippen LogP contribution in [0.4, 0.5) is 0 Å². The summed E-state index contributed by atoms with van der Waals surface area (Å²) >= 11 is 1.03. The van der Waals surface area contributed by atoms with E-state index in [4.69, 9.17) is 14.7 Å². The van der Waals surface area contributed by atoms with Gasteiger partial charge in [-0.25, -0.2) is 4.79 Å². The van der Waals surface area contributed by atoms with E-state index >= 15 is 0 Å². The van der Waals surface area contributed by atoms with Crippen molar-refractivity contribution in [2.75, 3.05) is 20.3 Å². The second-order valence-electron chi connectivity index (χ2n) is 2.67. The number of thiocyanates is 1. The van der Waals surface area contributed by atoms with Crippen molar-refractivity contribution < 1.29 is 14.3 Å². The molecule has 0 amide bonds. The zero-order valence-electron chi connectivity index (χ0n) is 8.28. The molecule has 0 radical (unpaired) electrons. The molecule has 0 saturated carbocycles. The molecule has 0 aliphatic carbocycles. The van der Waals surface area contributed by atoms with Crippen LogP contribution in [-0.4, -0.2) is 31.5 Å². The predicted molar refractivity (Wildman–Crippen MR) is 54.6 cm³/mol. The van der Waals surface area contributed by atoms with Gasteiger partial charge in [-0.2, -0.15) is 5.26 Å². The van der Waals surface area contributed by atoms with Crippen molar-refractivity contribution in [2.45, 2.75) is 12.2 Å². The molecule has 0 N–H and O–H groups in total. The third kappa shape index (κ3) is 5.62. The fraction of sp³-hybridized carbons (Fsp3) is 0.556. The van der Waals surface area contributed by atoms with Gasteiger partial charge in [-0.15, -0.1) is 0 Å². The van der Waals surface area contributed by atoms with Gasteiger partial charge in [0.2, 0.25) is 0 Å². The number of methoxy groups -OCH3 is 1. The van der Waals surface area contributed by atoms with Gasteiger partial charge in [0, 0.05) is 12.7 Å². The Balaban J connectivity index is 3.87. The minimum atomic E-state index is -0.440. The van der Waals surface area contributed by atoms with Crippen LogP contribution in [0.5, 0.6) is 0 Å². The molecule has 0 aliphatic rings. The van der Waals surface area contributed by atoms with E-state index in [1.165, 1.54) is 7.11 Å². The van der Waals surface area contributed by atoms with Crippen LogP contribution in [0.1, 0.15) is 6.92 Å². The molecule has 1 unspecified atom stereocenters. The minimum absolute atomic E-state index is 0.145. The van der Waals surface area contributed by atoms with Gasteiger partial charge in [0.25, 0.3) is 0 Å². The summed E-state index contributed by atoms with van der Waals surface area (Å²) in [5, 5.41) is 10.2. The van der Waals surface area contributed by atoms with Crippen LogP contribution in [0.3, 0.4) is 0 Å². The molecular weight excluding hydrogens is 202 g/mol. The van der Waals surface area contributed by atoms with Gasteiger partial charge in [0.05, 0.1) is 11.9 Å². The molecule has 0 saturated heterocycles. The van der Waals surface area contributed by atoms with E-state index in [0.29, 0.717) is 12.2 Å². The van der Waals surface area contributed by atoms with E-state index in [2.05, 4.69) is 6.58 Å². The Labute approximate surface area is 87.9 Å². The molecule has 14 heavy (non-hydrogen) atoms. The SMILES string of the molecule is C=C(C)C(=O)OCC(COC)SC#N. The van der Waals surface area contributed by atoms with Gasteiger partial charge in [-0.1, -0.05) is 6.58 Å². The van der Waals surface area contributed by atoms with E-state index in [0.717, 1.165) is 11.8 Å². The van der Waals surface area contributed by atoms with E-state index in [9.17, 15) is 4.79 Å². The van der Waals surface area contributed by atoms with Crippen molar-refractivity contribution in [3.8, 4) is 5.40 Å². The Morgan fingerprint density at radius 2 is 2.29 bits per heavy atom. The first kappa shape index (κ1) is 13.0. The molecule has 0 spiro atoms. The van der Waals surface area contributed by atoms with Gasteiger partial charge < -0.3 is 9.47 Å². The summed E-state index contributed by atoms with van der Waals surface area (Å²) in [5.74, 6) is -0.440. The van der Waals surface area contributed by atoms with Gasteiger partial charge in [0.15, 0.2) is 0 Å². The number of nitriles is 1. The molecule has 0 aromatic heterocycles. The number of carbonyl (C=O) groups is 1. The molecule has 0 aromatic rings. The second-order valence-corrected chi connectivity index (χ2v) is 3.75. The van der Waals surface area contributed by atoms with Crippen molar-refractivity contribution in [2.24, 2.45) is 0 Å². The predicted octanol–water partition coefficient (Wildman–Crippen LogP) is 1.33. The Hall–Kier alpha value is -0.990. The molecule has 4 nitrogen and oxygen atoms in total. The summed E-state index contributed by atoms with van der Waals surface area (Å²) in [6, 6.07) is 0. The molecule has 0 aliphatic heterocycles. The third-order valence-electron chi connectivity index (χ3n) is 1.32. The lowest BCUT2D eigenvalue weighted by Crippen LogP contribution is -2.20. The summed E-state index contributed by atoms with van der Waals surface area (Å²) in [4.78, 5) is 11.0. The highest BCUT2D eigenvalue weighted by atomic mass is 32.2. The molecular formula is C9H13NO3S. The molecule has 78 valence electrons. The van der Waals surface area contributed by atoms with Gasteiger partial charge >= 0.3 is 5.97 Å². The molecule has 5 heteroatoms. The van der Waals surface area contributed by atoms with Crippen LogP contribution in [-0.2, 0) is 14.3 Å². The lowest BCUT2D eigenvalue weighted by molar-refractivity contribution is -0.139. The van der Waals surface area contributed by atoms with Gasteiger partial charge in [0.1, 0.15) is 12.0 Å². The number of carbonyl (C=O) groups excluding carboxylic acids is 1. The van der Waals surface area contributed by atoms with E-state index in [1.807, 2.05) is 5.40 Å². The monoisotopic (exact) mass is 215 g/mol. The summed E-state index contributed by atoms with van der Waals surface area (Å²) < 4.78 is 9.74. The van der Waals surface area contributed by atoms with Crippen molar-refractivity contribution in [1.82, 2.24) is 0 Å². The highest BCUT2D eigenvalue weighted by Crippen LogP contribution is 2.10. The Kier molecular flexibility index (Phi) is 6.89. The molecule has 0 bridgehead atoms. The van der Waals surface area contributed by atoms with Crippen molar-refractivity contribution in [3.63, 3.8) is 0 Å². The first-order chi connectivity index (χ1) is 6.61. The third-order valence-corrected chi connectivity index (χ3v) is 2.03. The average Bonchev–Trinajstić information content (AvgIpc) is 2.14. The molecule has 0 rings (SSSR count). The van der Waals surface area contributed by atoms with E-state index in [-0.39, 0.29) is 11.9 Å². The second kappa shape index (κ2) is 7.42. The highest BCUT2D eigenvalue weighted by molar-refractivity contribution is 8.04. The largest absolute Gasteiger partial charge is 0.461 e. The Morgan fingerprint density at radius 3 is 2.71 bits per heavy atom. The first-order valence-electron chi connectivity index (χ1n) is 3.98. The maximum atomic E-state index is 11.0. The standard InChI is InChI=1S/C9H13NO3S/c1-7(2)9(11)13-5-8(4-12-3)14-6-10/h8H,1,4-5H2,2-3H3. The molecule has 0 aromatic carbocycles. The summed E-state index contributed by atoms with van der Waals surface area (Å²) in [5.41, 5.74) is 0.350. The van der Waals surface area contributed by atoms with Crippen molar-refractivity contribution in [3.05, 3.63) is 12.2 Å². The maximum Gasteiger partial charge on any atom is 0.333 e. The average molecular weight is 215 g/mol. The summed E-state index contributed by atoms with van der Waals surface area (Å²) in [7, 11) is 1.53. The molecule has 0 fully saturated rings. The molecule has 1 atom stereocenters. The zero-order valence-corrected chi connectivity index (χ0v) is 9.10. The summed E-state index contributed by atoms with van der Waals surface area (Å²) in [6.07, 6.45) is 0. The van der Waals surface area contributed by atoms with Gasteiger partial charge in [-0.3, -0.25) is 0 Å². The lowest BCUT2D eigenvalue weighted by atomic mass is 10.4. The normalized spacial score (nSPS) is 11.5.